The van der Waals surface area contributed by atoms with Crippen LogP contribution in [0, 0.1) is 0 Å². The fraction of sp³-hybridized carbons (Fsp3) is 0.296. The van der Waals surface area contributed by atoms with Crippen LogP contribution < -0.4 is 10.2 Å². The van der Waals surface area contributed by atoms with Crippen LogP contribution >= 0.6 is 0 Å². The highest BCUT2D eigenvalue weighted by Gasteiger charge is 2.21. The number of carbonyl (C=O) groups excluding carboxylic acids is 1. The molecule has 5 heteroatoms. The van der Waals surface area contributed by atoms with Gasteiger partial charge >= 0.3 is 0 Å². The van der Waals surface area contributed by atoms with Crippen LogP contribution in [0.1, 0.15) is 12.5 Å². The van der Waals surface area contributed by atoms with E-state index in [-0.39, 0.29) is 11.9 Å². The molecule has 1 amide bonds. The Labute approximate surface area is 190 Å². The zero-order chi connectivity index (χ0) is 22.3. The topological polar surface area (TPSA) is 44.8 Å². The number of likely N-dealkylation sites (N-methyl/N-ethyl adjacent to an activating group) is 1. The van der Waals surface area contributed by atoms with Crippen LogP contribution in [-0.2, 0) is 16.1 Å². The van der Waals surface area contributed by atoms with Crippen LogP contribution in [0.2, 0.25) is 0 Å². The van der Waals surface area contributed by atoms with E-state index in [9.17, 15) is 4.79 Å². The first-order valence-electron chi connectivity index (χ1n) is 11.2. The number of morpholine rings is 1. The van der Waals surface area contributed by atoms with Crippen LogP contribution in [0.4, 0.5) is 11.4 Å². The Morgan fingerprint density at radius 1 is 0.969 bits per heavy atom. The molecule has 0 bridgehead atoms. The predicted molar refractivity (Wildman–Crippen MR) is 131 cm³/mol. The Morgan fingerprint density at radius 3 is 2.41 bits per heavy atom. The van der Waals surface area contributed by atoms with E-state index in [1.54, 1.807) is 0 Å². The quantitative estimate of drug-likeness (QED) is 0.594. The lowest BCUT2D eigenvalue weighted by molar-refractivity contribution is -0.120. The Hall–Kier alpha value is -3.15. The Bertz CT molecular complexity index is 1030. The molecule has 1 saturated heterocycles. The van der Waals surface area contributed by atoms with Crippen molar-refractivity contribution in [1.29, 1.82) is 0 Å². The van der Waals surface area contributed by atoms with Gasteiger partial charge in [0, 0.05) is 36.6 Å². The highest BCUT2D eigenvalue weighted by atomic mass is 16.5. The van der Waals surface area contributed by atoms with Crippen LogP contribution in [0.5, 0.6) is 0 Å². The molecule has 3 aromatic rings. The molecule has 1 fully saturated rings. The second kappa shape index (κ2) is 10.4. The first kappa shape index (κ1) is 22.1. The molecule has 5 nitrogen and oxygen atoms in total. The minimum Gasteiger partial charge on any atom is -0.378 e. The number of nitrogens with one attached hydrogen (secondary N) is 1. The molecule has 1 aliphatic rings. The fourth-order valence-corrected chi connectivity index (χ4v) is 4.06. The lowest BCUT2D eigenvalue weighted by Crippen LogP contribution is -2.40. The molecule has 0 aromatic heterocycles. The minimum absolute atomic E-state index is 0.0141. The summed E-state index contributed by atoms with van der Waals surface area (Å²) < 4.78 is 5.51. The maximum absolute atomic E-state index is 13.1. The van der Waals surface area contributed by atoms with Crippen molar-refractivity contribution in [2.75, 3.05) is 43.6 Å². The smallest absolute Gasteiger partial charge is 0.241 e. The van der Waals surface area contributed by atoms with Crippen molar-refractivity contribution in [3.63, 3.8) is 0 Å². The Balaban J connectivity index is 1.46. The maximum Gasteiger partial charge on any atom is 0.241 e. The van der Waals surface area contributed by atoms with Crippen molar-refractivity contribution in [3.8, 4) is 11.1 Å². The van der Waals surface area contributed by atoms with Gasteiger partial charge < -0.3 is 15.0 Å². The van der Waals surface area contributed by atoms with Gasteiger partial charge in [0.2, 0.25) is 5.91 Å². The van der Waals surface area contributed by atoms with Gasteiger partial charge in [0.15, 0.2) is 0 Å². The number of hydrogen-bond donors (Lipinski definition) is 1. The zero-order valence-electron chi connectivity index (χ0n) is 18.8. The van der Waals surface area contributed by atoms with E-state index < -0.39 is 0 Å². The second-order valence-corrected chi connectivity index (χ2v) is 8.22. The molecule has 32 heavy (non-hydrogen) atoms. The van der Waals surface area contributed by atoms with Gasteiger partial charge in [-0.1, -0.05) is 66.7 Å². The van der Waals surface area contributed by atoms with Crippen LogP contribution in [0.15, 0.2) is 78.9 Å². The summed E-state index contributed by atoms with van der Waals surface area (Å²) in [5.41, 5.74) is 5.39. The molecule has 166 valence electrons. The number of ether oxygens (including phenoxy) is 1. The van der Waals surface area contributed by atoms with Crippen molar-refractivity contribution in [3.05, 3.63) is 84.4 Å². The van der Waals surface area contributed by atoms with Crippen LogP contribution in [0.3, 0.4) is 0 Å². The summed E-state index contributed by atoms with van der Waals surface area (Å²) in [6.45, 7) is 5.95. The molecule has 1 N–H and O–H groups in total. The van der Waals surface area contributed by atoms with Crippen LogP contribution in [0.25, 0.3) is 11.1 Å². The average Bonchev–Trinajstić information content (AvgIpc) is 2.85. The monoisotopic (exact) mass is 429 g/mol. The van der Waals surface area contributed by atoms with E-state index >= 15 is 0 Å². The number of nitrogens with zero attached hydrogens (tertiary/aromatic N) is 2. The minimum atomic E-state index is -0.281. The largest absolute Gasteiger partial charge is 0.378 e. The molecule has 0 saturated carbocycles. The number of hydrogen-bond acceptors (Lipinski definition) is 4. The molecule has 0 spiro atoms. The third kappa shape index (κ3) is 5.18. The number of para-hydroxylation sites is 2. The van der Waals surface area contributed by atoms with Crippen molar-refractivity contribution in [2.45, 2.75) is 19.5 Å². The van der Waals surface area contributed by atoms with Crippen molar-refractivity contribution >= 4 is 17.3 Å². The molecule has 1 heterocycles. The normalized spacial score (nSPS) is 14.9. The first-order chi connectivity index (χ1) is 15.6. The van der Waals surface area contributed by atoms with E-state index in [2.05, 4.69) is 51.5 Å². The van der Waals surface area contributed by atoms with E-state index in [1.807, 2.05) is 56.4 Å². The maximum atomic E-state index is 13.1. The number of rotatable bonds is 7. The number of carbonyl (C=O) groups is 1. The molecule has 1 atom stereocenters. The van der Waals surface area contributed by atoms with Gasteiger partial charge in [-0.3, -0.25) is 9.69 Å². The van der Waals surface area contributed by atoms with Crippen molar-refractivity contribution in [2.24, 2.45) is 0 Å². The average molecular weight is 430 g/mol. The summed E-state index contributed by atoms with van der Waals surface area (Å²) in [5, 5.41) is 3.15. The molecule has 0 unspecified atom stereocenters. The molecule has 3 aromatic carbocycles. The summed E-state index contributed by atoms with van der Waals surface area (Å²) in [7, 11) is 2.00. The van der Waals surface area contributed by atoms with E-state index in [1.165, 1.54) is 11.3 Å². The number of benzene rings is 3. The Kier molecular flexibility index (Phi) is 7.20. The summed E-state index contributed by atoms with van der Waals surface area (Å²) >= 11 is 0. The predicted octanol–water partition coefficient (Wildman–Crippen LogP) is 4.65. The third-order valence-electron chi connectivity index (χ3n) is 6.07. The van der Waals surface area contributed by atoms with Gasteiger partial charge in [-0.05, 0) is 37.2 Å². The standard InChI is InChI=1S/C27H31N3O2/c1-21(27(31)28-25-14-8-7-13-24(25)22-10-4-3-5-11-22)29(2)20-23-12-6-9-15-26(23)30-16-18-32-19-17-30/h3-15,21H,16-20H2,1-2H3,(H,28,31)/t21-/m0/s1. The lowest BCUT2D eigenvalue weighted by atomic mass is 10.0. The lowest BCUT2D eigenvalue weighted by Gasteiger charge is -2.32. The molecule has 4 rings (SSSR count). The first-order valence-corrected chi connectivity index (χ1v) is 11.2. The molecular formula is C27H31N3O2. The number of anilines is 2. The highest BCUT2D eigenvalue weighted by molar-refractivity contribution is 5.98. The summed E-state index contributed by atoms with van der Waals surface area (Å²) in [5.74, 6) is -0.0141. The van der Waals surface area contributed by atoms with Crippen LogP contribution in [-0.4, -0.2) is 50.2 Å². The van der Waals surface area contributed by atoms with Gasteiger partial charge in [-0.2, -0.15) is 0 Å². The SMILES string of the molecule is C[C@@H](C(=O)Nc1ccccc1-c1ccccc1)N(C)Cc1ccccc1N1CCOCC1. The third-order valence-corrected chi connectivity index (χ3v) is 6.07. The van der Waals surface area contributed by atoms with Gasteiger partial charge in [-0.25, -0.2) is 0 Å². The molecule has 1 aliphatic heterocycles. The number of amides is 1. The molecular weight excluding hydrogens is 398 g/mol. The summed E-state index contributed by atoms with van der Waals surface area (Å²) in [6.07, 6.45) is 0. The molecule has 0 radical (unpaired) electrons. The van der Waals surface area contributed by atoms with Crippen molar-refractivity contribution < 1.29 is 9.53 Å². The summed E-state index contributed by atoms with van der Waals surface area (Å²) in [6, 6.07) is 26.3. The molecule has 0 aliphatic carbocycles. The van der Waals surface area contributed by atoms with E-state index in [0.29, 0.717) is 6.54 Å². The van der Waals surface area contributed by atoms with Gasteiger partial charge in [0.05, 0.1) is 19.3 Å². The van der Waals surface area contributed by atoms with Gasteiger partial charge in [-0.15, -0.1) is 0 Å². The highest BCUT2D eigenvalue weighted by Crippen LogP contribution is 2.28. The fourth-order valence-electron chi connectivity index (χ4n) is 4.06. The Morgan fingerprint density at radius 2 is 1.62 bits per heavy atom. The van der Waals surface area contributed by atoms with E-state index in [4.69, 9.17) is 4.74 Å². The van der Waals surface area contributed by atoms with Crippen molar-refractivity contribution in [1.82, 2.24) is 4.90 Å². The summed E-state index contributed by atoms with van der Waals surface area (Å²) in [4.78, 5) is 17.6. The van der Waals surface area contributed by atoms with E-state index in [0.717, 1.165) is 43.1 Å². The van der Waals surface area contributed by atoms with Gasteiger partial charge in [0.1, 0.15) is 0 Å². The zero-order valence-corrected chi connectivity index (χ0v) is 18.8. The second-order valence-electron chi connectivity index (χ2n) is 8.22. The van der Waals surface area contributed by atoms with Gasteiger partial charge in [0.25, 0.3) is 0 Å².